The lowest BCUT2D eigenvalue weighted by atomic mass is 9.73. The van der Waals surface area contributed by atoms with Crippen molar-refractivity contribution in [3.63, 3.8) is 0 Å². The zero-order valence-corrected chi connectivity index (χ0v) is 16.8. The molecule has 2 unspecified atom stereocenters. The number of carbonyl (C=O) groups excluding carboxylic acids is 1. The highest BCUT2D eigenvalue weighted by atomic mass is 35.5. The van der Waals surface area contributed by atoms with Crippen molar-refractivity contribution in [1.29, 1.82) is 0 Å². The average Bonchev–Trinajstić information content (AvgIpc) is 3.17. The maximum atomic E-state index is 13.6. The van der Waals surface area contributed by atoms with Crippen LogP contribution in [0.25, 0.3) is 0 Å². The molecule has 0 saturated heterocycles. The monoisotopic (exact) mass is 434 g/mol. The summed E-state index contributed by atoms with van der Waals surface area (Å²) >= 11 is 6.03. The Labute approximate surface area is 182 Å². The van der Waals surface area contributed by atoms with E-state index in [0.717, 1.165) is 5.56 Å². The first-order valence-electron chi connectivity index (χ1n) is 9.52. The lowest BCUT2D eigenvalue weighted by molar-refractivity contribution is -0.384. The van der Waals surface area contributed by atoms with E-state index in [4.69, 9.17) is 21.2 Å². The summed E-state index contributed by atoms with van der Waals surface area (Å²) in [6, 6.07) is 20.1. The van der Waals surface area contributed by atoms with E-state index in [1.807, 2.05) is 0 Å². The number of ketones is 1. The number of hydrogen-bond donors (Lipinski definition) is 0. The number of nitro groups is 1. The van der Waals surface area contributed by atoms with Crippen molar-refractivity contribution >= 4 is 28.8 Å². The van der Waals surface area contributed by atoms with Crippen molar-refractivity contribution in [2.45, 2.75) is 11.5 Å². The Kier molecular flexibility index (Phi) is 4.48. The van der Waals surface area contributed by atoms with Gasteiger partial charge in [-0.15, -0.1) is 0 Å². The van der Waals surface area contributed by atoms with Gasteiger partial charge < -0.3 is 9.57 Å². The van der Waals surface area contributed by atoms with Crippen LogP contribution in [0.4, 0.5) is 5.69 Å². The molecule has 2 atom stereocenters. The maximum absolute atomic E-state index is 13.6. The quantitative estimate of drug-likeness (QED) is 0.437. The zero-order chi connectivity index (χ0) is 21.6. The third kappa shape index (κ3) is 3.05. The van der Waals surface area contributed by atoms with Crippen LogP contribution in [-0.2, 0) is 4.84 Å². The minimum absolute atomic E-state index is 0.0366. The van der Waals surface area contributed by atoms with Gasteiger partial charge in [0.2, 0.25) is 11.4 Å². The molecule has 3 aromatic rings. The summed E-state index contributed by atoms with van der Waals surface area (Å²) in [4.78, 5) is 30.1. The Balaban J connectivity index is 1.64. The number of hydrogen-bond acceptors (Lipinski definition) is 6. The number of nitrogens with zero attached hydrogens (tertiary/aromatic N) is 2. The lowest BCUT2D eigenvalue weighted by Gasteiger charge is -2.35. The number of ether oxygens (including phenoxy) is 1. The van der Waals surface area contributed by atoms with Gasteiger partial charge in [-0.3, -0.25) is 14.9 Å². The second-order valence-corrected chi connectivity index (χ2v) is 7.80. The molecule has 0 aliphatic carbocycles. The minimum Gasteiger partial charge on any atom is -0.488 e. The standard InChI is InChI=1S/C23H15ClN2O5/c24-16-9-5-15(6-10-16)21-20(14-7-11-17(12-8-14)26(28)29)23(31-25-21)13-30-19-4-2-1-3-18(19)22(23)27/h1-12,20H,13H2. The summed E-state index contributed by atoms with van der Waals surface area (Å²) in [5.74, 6) is -0.384. The summed E-state index contributed by atoms with van der Waals surface area (Å²) in [7, 11) is 0. The van der Waals surface area contributed by atoms with Gasteiger partial charge in [-0.25, -0.2) is 0 Å². The van der Waals surface area contributed by atoms with Gasteiger partial charge in [-0.2, -0.15) is 0 Å². The van der Waals surface area contributed by atoms with Gasteiger partial charge in [-0.1, -0.05) is 53.2 Å². The van der Waals surface area contributed by atoms with E-state index >= 15 is 0 Å². The van der Waals surface area contributed by atoms with Crippen LogP contribution in [0.15, 0.2) is 78.0 Å². The van der Waals surface area contributed by atoms with Crippen LogP contribution in [0.1, 0.15) is 27.4 Å². The molecule has 3 aromatic carbocycles. The molecule has 7 nitrogen and oxygen atoms in total. The third-order valence-electron chi connectivity index (χ3n) is 5.58. The van der Waals surface area contributed by atoms with Crippen molar-refractivity contribution < 1.29 is 19.3 Å². The number of non-ortho nitro benzene ring substituents is 1. The first kappa shape index (κ1) is 19.3. The number of carbonyl (C=O) groups is 1. The van der Waals surface area contributed by atoms with Crippen LogP contribution >= 0.6 is 11.6 Å². The van der Waals surface area contributed by atoms with Crippen LogP contribution in [0.5, 0.6) is 5.75 Å². The van der Waals surface area contributed by atoms with E-state index in [2.05, 4.69) is 5.16 Å². The lowest BCUT2D eigenvalue weighted by Crippen LogP contribution is -2.52. The first-order valence-corrected chi connectivity index (χ1v) is 9.90. The predicted octanol–water partition coefficient (Wildman–Crippen LogP) is 4.78. The van der Waals surface area contributed by atoms with Gasteiger partial charge in [0.15, 0.2) is 0 Å². The topological polar surface area (TPSA) is 91.0 Å². The van der Waals surface area contributed by atoms with Gasteiger partial charge in [0.05, 0.1) is 22.1 Å². The average molecular weight is 435 g/mol. The molecule has 0 fully saturated rings. The van der Waals surface area contributed by atoms with Gasteiger partial charge in [0, 0.05) is 22.7 Å². The maximum Gasteiger partial charge on any atom is 0.269 e. The Bertz CT molecular complexity index is 1220. The highest BCUT2D eigenvalue weighted by Gasteiger charge is 2.59. The number of para-hydroxylation sites is 1. The summed E-state index contributed by atoms with van der Waals surface area (Å²) in [6.07, 6.45) is 0. The number of halogens is 1. The fourth-order valence-electron chi connectivity index (χ4n) is 4.05. The largest absolute Gasteiger partial charge is 0.488 e. The highest BCUT2D eigenvalue weighted by Crippen LogP contribution is 2.46. The van der Waals surface area contributed by atoms with E-state index in [0.29, 0.717) is 27.6 Å². The van der Waals surface area contributed by atoms with Gasteiger partial charge >= 0.3 is 0 Å². The van der Waals surface area contributed by atoms with Crippen LogP contribution in [-0.4, -0.2) is 28.6 Å². The molecule has 2 aliphatic heterocycles. The molecule has 0 aromatic heterocycles. The summed E-state index contributed by atoms with van der Waals surface area (Å²) in [6.45, 7) is -0.0366. The van der Waals surface area contributed by atoms with Crippen molar-refractivity contribution in [3.05, 3.63) is 105 Å². The SMILES string of the molecule is O=C1c2ccccc2OCC12ON=C(c1ccc(Cl)cc1)C2c1ccc([N+](=O)[O-])cc1. The van der Waals surface area contributed by atoms with E-state index in [-0.39, 0.29) is 18.1 Å². The Morgan fingerprint density at radius 1 is 1.03 bits per heavy atom. The summed E-state index contributed by atoms with van der Waals surface area (Å²) in [5.41, 5.74) is 0.872. The van der Waals surface area contributed by atoms with Crippen molar-refractivity contribution in [1.82, 2.24) is 0 Å². The fourth-order valence-corrected chi connectivity index (χ4v) is 4.18. The minimum atomic E-state index is -1.42. The van der Waals surface area contributed by atoms with E-state index in [1.165, 1.54) is 12.1 Å². The van der Waals surface area contributed by atoms with Crippen molar-refractivity contribution in [2.24, 2.45) is 5.16 Å². The Morgan fingerprint density at radius 3 is 2.45 bits per heavy atom. The third-order valence-corrected chi connectivity index (χ3v) is 5.83. The molecular formula is C23H15ClN2O5. The predicted molar refractivity (Wildman–Crippen MR) is 114 cm³/mol. The molecule has 154 valence electrons. The number of rotatable bonds is 3. The van der Waals surface area contributed by atoms with Gasteiger partial charge in [0.25, 0.3) is 5.69 Å². The second kappa shape index (κ2) is 7.21. The Hall–Kier alpha value is -3.71. The molecule has 0 saturated carbocycles. The number of Topliss-reactive ketones (excluding diaryl/α,β-unsaturated/α-hetero) is 1. The second-order valence-electron chi connectivity index (χ2n) is 7.36. The summed E-state index contributed by atoms with van der Waals surface area (Å²) < 4.78 is 5.90. The first-order chi connectivity index (χ1) is 15.0. The molecule has 0 bridgehead atoms. The van der Waals surface area contributed by atoms with Crippen molar-refractivity contribution in [3.8, 4) is 5.75 Å². The molecular weight excluding hydrogens is 420 g/mol. The van der Waals surface area contributed by atoms with Crippen LogP contribution < -0.4 is 4.74 Å². The van der Waals surface area contributed by atoms with E-state index in [9.17, 15) is 14.9 Å². The van der Waals surface area contributed by atoms with Gasteiger partial charge in [-0.05, 0) is 29.8 Å². The fraction of sp³-hybridized carbons (Fsp3) is 0.130. The smallest absolute Gasteiger partial charge is 0.269 e. The molecule has 5 rings (SSSR count). The molecule has 2 aliphatic rings. The molecule has 1 spiro atoms. The van der Waals surface area contributed by atoms with Crippen LogP contribution in [0.3, 0.4) is 0 Å². The van der Waals surface area contributed by atoms with Crippen LogP contribution in [0.2, 0.25) is 5.02 Å². The highest BCUT2D eigenvalue weighted by molar-refractivity contribution is 6.30. The van der Waals surface area contributed by atoms with E-state index < -0.39 is 16.4 Å². The molecule has 8 heteroatoms. The number of oxime groups is 1. The number of nitro benzene ring substituents is 1. The van der Waals surface area contributed by atoms with Crippen molar-refractivity contribution in [2.75, 3.05) is 6.61 Å². The summed E-state index contributed by atoms with van der Waals surface area (Å²) in [5, 5.41) is 16.0. The molecule has 0 radical (unpaired) electrons. The van der Waals surface area contributed by atoms with E-state index in [1.54, 1.807) is 60.7 Å². The molecule has 31 heavy (non-hydrogen) atoms. The van der Waals surface area contributed by atoms with Crippen LogP contribution in [0, 0.1) is 10.1 Å². The molecule has 0 amide bonds. The number of benzene rings is 3. The molecule has 2 heterocycles. The normalized spacial score (nSPS) is 21.8. The Morgan fingerprint density at radius 2 is 1.74 bits per heavy atom. The zero-order valence-electron chi connectivity index (χ0n) is 16.0. The van der Waals surface area contributed by atoms with Gasteiger partial charge in [0.1, 0.15) is 12.4 Å². The molecule has 0 N–H and O–H groups in total. The number of fused-ring (bicyclic) bond motifs is 1.